The summed E-state index contributed by atoms with van der Waals surface area (Å²) < 4.78 is 7.65. The molecule has 1 aromatic carbocycles. The minimum Gasteiger partial charge on any atom is -0.415 e. The summed E-state index contributed by atoms with van der Waals surface area (Å²) >= 11 is 0. The second kappa shape index (κ2) is 8.69. The number of benzene rings is 1. The van der Waals surface area contributed by atoms with Crippen LogP contribution in [0.4, 0.5) is 0 Å². The van der Waals surface area contributed by atoms with Gasteiger partial charge in [-0.1, -0.05) is 29.8 Å². The molecule has 0 unspecified atom stereocenters. The fraction of sp³-hybridized carbons (Fsp3) is 0.318. The summed E-state index contributed by atoms with van der Waals surface area (Å²) in [4.78, 5) is 12.3. The van der Waals surface area contributed by atoms with Crippen LogP contribution in [0.25, 0.3) is 23.0 Å². The van der Waals surface area contributed by atoms with Gasteiger partial charge in [-0.2, -0.15) is 0 Å². The van der Waals surface area contributed by atoms with Gasteiger partial charge in [-0.3, -0.25) is 4.79 Å². The topological polar surface area (TPSA) is 73.0 Å². The fourth-order valence-corrected chi connectivity index (χ4v) is 3.48. The third-order valence-corrected chi connectivity index (χ3v) is 4.96. The van der Waals surface area contributed by atoms with Crippen molar-refractivity contribution in [3.63, 3.8) is 0 Å². The van der Waals surface area contributed by atoms with E-state index in [2.05, 4.69) is 21.6 Å². The molecule has 0 bridgehead atoms. The van der Waals surface area contributed by atoms with Gasteiger partial charge >= 0.3 is 0 Å². The summed E-state index contributed by atoms with van der Waals surface area (Å²) in [6, 6.07) is 13.4. The zero-order valence-electron chi connectivity index (χ0n) is 15.8. The van der Waals surface area contributed by atoms with E-state index in [1.807, 2.05) is 53.2 Å². The molecular weight excluding hydrogens is 352 g/mol. The molecule has 0 aliphatic heterocycles. The number of aromatic nitrogens is 3. The molecule has 6 nitrogen and oxygen atoms in total. The minimum absolute atomic E-state index is 0.0170. The van der Waals surface area contributed by atoms with Crippen molar-refractivity contribution in [3.8, 4) is 23.0 Å². The van der Waals surface area contributed by atoms with Crippen molar-refractivity contribution in [1.82, 2.24) is 20.1 Å². The van der Waals surface area contributed by atoms with E-state index < -0.39 is 0 Å². The van der Waals surface area contributed by atoms with Crippen molar-refractivity contribution >= 4 is 5.91 Å². The number of hydrogen-bond acceptors (Lipinski definition) is 4. The first-order valence-electron chi connectivity index (χ1n) is 9.78. The Morgan fingerprint density at radius 2 is 1.93 bits per heavy atom. The van der Waals surface area contributed by atoms with Gasteiger partial charge in [-0.05, 0) is 56.4 Å². The number of nitrogens with one attached hydrogen (secondary N) is 1. The van der Waals surface area contributed by atoms with Gasteiger partial charge in [0.15, 0.2) is 0 Å². The van der Waals surface area contributed by atoms with Gasteiger partial charge in [-0.25, -0.2) is 0 Å². The van der Waals surface area contributed by atoms with E-state index in [0.717, 1.165) is 17.7 Å². The first kappa shape index (κ1) is 18.2. The lowest BCUT2D eigenvalue weighted by Crippen LogP contribution is -2.28. The molecule has 6 heteroatoms. The Bertz CT molecular complexity index is 956. The van der Waals surface area contributed by atoms with Crippen molar-refractivity contribution in [2.75, 3.05) is 6.54 Å². The van der Waals surface area contributed by atoms with Crippen LogP contribution in [0.1, 0.15) is 32.1 Å². The Kier molecular flexibility index (Phi) is 5.66. The van der Waals surface area contributed by atoms with Crippen LogP contribution in [0.15, 0.2) is 64.7 Å². The van der Waals surface area contributed by atoms with Gasteiger partial charge in [-0.15, -0.1) is 10.2 Å². The van der Waals surface area contributed by atoms with Gasteiger partial charge in [0.2, 0.25) is 11.8 Å². The lowest BCUT2D eigenvalue weighted by atomic mass is 9.97. The van der Waals surface area contributed by atoms with E-state index in [4.69, 9.17) is 4.42 Å². The monoisotopic (exact) mass is 376 g/mol. The maximum atomic E-state index is 12.3. The average molecular weight is 376 g/mol. The van der Waals surface area contributed by atoms with E-state index >= 15 is 0 Å². The zero-order valence-corrected chi connectivity index (χ0v) is 15.8. The van der Waals surface area contributed by atoms with Crippen LogP contribution >= 0.6 is 0 Å². The first-order valence-corrected chi connectivity index (χ1v) is 9.78. The molecule has 0 atom stereocenters. The quantitative estimate of drug-likeness (QED) is 0.627. The van der Waals surface area contributed by atoms with E-state index in [0.29, 0.717) is 18.3 Å². The summed E-state index contributed by atoms with van der Waals surface area (Å²) in [5, 5.41) is 11.3. The second-order valence-electron chi connectivity index (χ2n) is 7.01. The predicted molar refractivity (Wildman–Crippen MR) is 107 cm³/mol. The Hall–Kier alpha value is -3.15. The van der Waals surface area contributed by atoms with Gasteiger partial charge in [0.25, 0.3) is 5.89 Å². The van der Waals surface area contributed by atoms with Crippen molar-refractivity contribution in [2.24, 2.45) is 0 Å². The largest absolute Gasteiger partial charge is 0.415 e. The number of amides is 1. The highest BCUT2D eigenvalue weighted by Gasteiger charge is 2.15. The van der Waals surface area contributed by atoms with E-state index in [1.54, 1.807) is 0 Å². The Morgan fingerprint density at radius 3 is 2.75 bits per heavy atom. The van der Waals surface area contributed by atoms with Crippen LogP contribution < -0.4 is 5.32 Å². The van der Waals surface area contributed by atoms with Gasteiger partial charge in [0.1, 0.15) is 12.2 Å². The summed E-state index contributed by atoms with van der Waals surface area (Å²) in [5.74, 6) is 0.856. The molecule has 144 valence electrons. The molecule has 0 fully saturated rings. The highest BCUT2D eigenvalue weighted by Crippen LogP contribution is 2.24. The highest BCUT2D eigenvalue weighted by molar-refractivity contribution is 5.76. The van der Waals surface area contributed by atoms with Crippen LogP contribution in [-0.4, -0.2) is 27.2 Å². The molecule has 0 radical (unpaired) electrons. The smallest absolute Gasteiger partial charge is 0.264 e. The van der Waals surface area contributed by atoms with Gasteiger partial charge < -0.3 is 14.3 Å². The van der Waals surface area contributed by atoms with Crippen molar-refractivity contribution in [3.05, 3.63) is 60.3 Å². The summed E-state index contributed by atoms with van der Waals surface area (Å²) in [6.07, 6.45) is 10.00. The molecule has 0 saturated carbocycles. The van der Waals surface area contributed by atoms with E-state index in [-0.39, 0.29) is 12.5 Å². The molecule has 2 heterocycles. The van der Waals surface area contributed by atoms with E-state index in [1.165, 1.54) is 31.3 Å². The SMILES string of the molecule is O=C(Cn1cccc1-c1nnc(-c2ccccc2)o1)NCCC1=CCCCC1. The van der Waals surface area contributed by atoms with Gasteiger partial charge in [0.05, 0.1) is 0 Å². The van der Waals surface area contributed by atoms with Crippen LogP contribution in [0.5, 0.6) is 0 Å². The summed E-state index contributed by atoms with van der Waals surface area (Å²) in [6.45, 7) is 0.907. The molecule has 1 N–H and O–H groups in total. The van der Waals surface area contributed by atoms with Crippen LogP contribution in [-0.2, 0) is 11.3 Å². The number of carbonyl (C=O) groups is 1. The summed E-state index contributed by atoms with van der Waals surface area (Å²) in [5.41, 5.74) is 3.07. The fourth-order valence-electron chi connectivity index (χ4n) is 3.48. The van der Waals surface area contributed by atoms with E-state index in [9.17, 15) is 4.79 Å². The van der Waals surface area contributed by atoms with Crippen molar-refractivity contribution in [2.45, 2.75) is 38.6 Å². The van der Waals surface area contributed by atoms with Crippen LogP contribution in [0.2, 0.25) is 0 Å². The standard InChI is InChI=1S/C22H24N4O2/c27-20(23-14-13-17-8-3-1-4-9-17)16-26-15-7-12-19(26)22-25-24-21(28-22)18-10-5-2-6-11-18/h2,5-8,10-12,15H,1,3-4,9,13-14,16H2,(H,23,27). The molecule has 1 aliphatic carbocycles. The normalized spacial score (nSPS) is 13.9. The molecule has 1 aliphatic rings. The Labute approximate surface area is 164 Å². The predicted octanol–water partition coefficient (Wildman–Crippen LogP) is 4.21. The molecule has 1 amide bonds. The second-order valence-corrected chi connectivity index (χ2v) is 7.01. The molecule has 0 saturated heterocycles. The third kappa shape index (κ3) is 4.39. The first-order chi connectivity index (χ1) is 13.8. The number of hydrogen-bond donors (Lipinski definition) is 1. The number of carbonyl (C=O) groups excluding carboxylic acids is 1. The lowest BCUT2D eigenvalue weighted by Gasteiger charge is -2.13. The Morgan fingerprint density at radius 1 is 1.07 bits per heavy atom. The van der Waals surface area contributed by atoms with Gasteiger partial charge in [0, 0.05) is 18.3 Å². The van der Waals surface area contributed by atoms with Crippen LogP contribution in [0, 0.1) is 0 Å². The van der Waals surface area contributed by atoms with Crippen molar-refractivity contribution < 1.29 is 9.21 Å². The molecule has 28 heavy (non-hydrogen) atoms. The number of nitrogens with zero attached hydrogens (tertiary/aromatic N) is 3. The molecule has 3 aromatic rings. The van der Waals surface area contributed by atoms with Crippen LogP contribution in [0.3, 0.4) is 0 Å². The number of rotatable bonds is 7. The maximum absolute atomic E-state index is 12.3. The molecular formula is C22H24N4O2. The summed E-state index contributed by atoms with van der Waals surface area (Å²) in [7, 11) is 0. The average Bonchev–Trinajstić information content (AvgIpc) is 3.39. The molecule has 0 spiro atoms. The Balaban J connectivity index is 1.37. The highest BCUT2D eigenvalue weighted by atomic mass is 16.4. The zero-order chi connectivity index (χ0) is 19.2. The number of allylic oxidation sites excluding steroid dienone is 1. The van der Waals surface area contributed by atoms with Crippen molar-refractivity contribution in [1.29, 1.82) is 0 Å². The molecule has 2 aromatic heterocycles. The molecule has 4 rings (SSSR count). The minimum atomic E-state index is -0.0170. The maximum Gasteiger partial charge on any atom is 0.264 e. The lowest BCUT2D eigenvalue weighted by molar-refractivity contribution is -0.121. The third-order valence-electron chi connectivity index (χ3n) is 4.96.